The normalized spacial score (nSPS) is 13.6. The van der Waals surface area contributed by atoms with Gasteiger partial charge in [0.1, 0.15) is 0 Å². The Labute approximate surface area is 108 Å². The predicted octanol–water partition coefficient (Wildman–Crippen LogP) is 2.19. The molecule has 0 aliphatic rings. The van der Waals surface area contributed by atoms with Crippen molar-refractivity contribution in [1.82, 2.24) is 14.8 Å². The zero-order chi connectivity index (χ0) is 14.2. The topological polar surface area (TPSA) is 56.7 Å². The molecular weight excluding hydrogens is 257 g/mol. The fourth-order valence-electron chi connectivity index (χ4n) is 1.99. The van der Waals surface area contributed by atoms with Gasteiger partial charge in [0.25, 0.3) is 0 Å². The third-order valence-electron chi connectivity index (χ3n) is 2.85. The van der Waals surface area contributed by atoms with Crippen molar-refractivity contribution < 1.29 is 13.2 Å². The summed E-state index contributed by atoms with van der Waals surface area (Å²) < 4.78 is 40.3. The third-order valence-corrected chi connectivity index (χ3v) is 2.85. The monoisotopic (exact) mass is 270 g/mol. The highest BCUT2D eigenvalue weighted by molar-refractivity contribution is 5.34. The van der Waals surface area contributed by atoms with Gasteiger partial charge in [0.15, 0.2) is 0 Å². The quantitative estimate of drug-likeness (QED) is 0.910. The van der Waals surface area contributed by atoms with Gasteiger partial charge < -0.3 is 5.73 Å². The van der Waals surface area contributed by atoms with Crippen LogP contribution in [0.2, 0.25) is 0 Å². The average molecular weight is 270 g/mol. The van der Waals surface area contributed by atoms with Gasteiger partial charge in [0.2, 0.25) is 0 Å². The molecule has 4 nitrogen and oxygen atoms in total. The number of aromatic nitrogens is 3. The van der Waals surface area contributed by atoms with Gasteiger partial charge in [0.05, 0.1) is 23.0 Å². The minimum absolute atomic E-state index is 0.0574. The number of nitrogens with two attached hydrogens (primary N) is 1. The lowest BCUT2D eigenvalue weighted by molar-refractivity contribution is -0.138. The molecule has 19 heavy (non-hydrogen) atoms. The highest BCUT2D eigenvalue weighted by Crippen LogP contribution is 2.35. The van der Waals surface area contributed by atoms with Crippen LogP contribution < -0.4 is 5.73 Å². The first-order valence-corrected chi connectivity index (χ1v) is 5.58. The van der Waals surface area contributed by atoms with Crippen LogP contribution in [0.15, 0.2) is 24.5 Å². The lowest BCUT2D eigenvalue weighted by atomic mass is 10.0. The highest BCUT2D eigenvalue weighted by Gasteiger charge is 2.35. The van der Waals surface area contributed by atoms with Crippen molar-refractivity contribution in [1.29, 1.82) is 0 Å². The molecule has 2 aromatic rings. The molecule has 0 aromatic carbocycles. The summed E-state index contributed by atoms with van der Waals surface area (Å²) in [6.45, 7) is 1.75. The van der Waals surface area contributed by atoms with E-state index in [-0.39, 0.29) is 5.56 Å². The van der Waals surface area contributed by atoms with Crippen molar-refractivity contribution in [2.24, 2.45) is 12.8 Å². The first-order valence-electron chi connectivity index (χ1n) is 5.58. The van der Waals surface area contributed by atoms with Crippen LogP contribution in [0.4, 0.5) is 13.2 Å². The van der Waals surface area contributed by atoms with Crippen LogP contribution in [0.3, 0.4) is 0 Å². The molecule has 2 aromatic heterocycles. The first-order chi connectivity index (χ1) is 8.80. The van der Waals surface area contributed by atoms with Crippen molar-refractivity contribution >= 4 is 0 Å². The van der Waals surface area contributed by atoms with E-state index in [2.05, 4.69) is 10.1 Å². The van der Waals surface area contributed by atoms with E-state index in [1.165, 1.54) is 4.68 Å². The summed E-state index contributed by atoms with van der Waals surface area (Å²) in [5, 5.41) is 4.08. The van der Waals surface area contributed by atoms with Crippen molar-refractivity contribution in [3.05, 3.63) is 47.0 Å². The number of halogens is 3. The summed E-state index contributed by atoms with van der Waals surface area (Å²) in [6, 6.07) is 1.67. The van der Waals surface area contributed by atoms with Crippen molar-refractivity contribution in [2.45, 2.75) is 19.1 Å². The smallest absolute Gasteiger partial charge is 0.319 e. The van der Waals surface area contributed by atoms with Gasteiger partial charge in [0, 0.05) is 25.0 Å². The Bertz CT molecular complexity index is 589. The van der Waals surface area contributed by atoms with Crippen molar-refractivity contribution in [3.8, 4) is 0 Å². The molecule has 0 aliphatic heterocycles. The molecule has 0 bridgehead atoms. The zero-order valence-electron chi connectivity index (χ0n) is 10.4. The van der Waals surface area contributed by atoms with Crippen molar-refractivity contribution in [2.75, 3.05) is 0 Å². The predicted molar refractivity (Wildman–Crippen MR) is 63.2 cm³/mol. The van der Waals surface area contributed by atoms with E-state index < -0.39 is 17.8 Å². The van der Waals surface area contributed by atoms with Crippen LogP contribution in [0.5, 0.6) is 0 Å². The Balaban J connectivity index is 2.50. The Morgan fingerprint density at radius 3 is 2.58 bits per heavy atom. The number of aryl methyl sites for hydroxylation is 2. The third kappa shape index (κ3) is 2.60. The van der Waals surface area contributed by atoms with E-state index >= 15 is 0 Å². The van der Waals surface area contributed by atoms with Crippen LogP contribution in [0.1, 0.15) is 28.6 Å². The molecule has 0 fully saturated rings. The van der Waals surface area contributed by atoms with Gasteiger partial charge in [-0.1, -0.05) is 0 Å². The Hall–Kier alpha value is -1.89. The van der Waals surface area contributed by atoms with E-state index in [4.69, 9.17) is 5.73 Å². The molecule has 1 unspecified atom stereocenters. The van der Waals surface area contributed by atoms with Gasteiger partial charge >= 0.3 is 6.18 Å². The zero-order valence-corrected chi connectivity index (χ0v) is 10.4. The standard InChI is InChI=1S/C12H13F3N4/c1-7-5-10(19(2)18-7)11(16)8-6-17-4-3-9(8)12(13,14)15/h3-6,11H,16H2,1-2H3. The fraction of sp³-hybridized carbons (Fsp3) is 0.333. The van der Waals surface area contributed by atoms with E-state index in [1.807, 2.05) is 0 Å². The number of pyridine rings is 1. The van der Waals surface area contributed by atoms with Crippen LogP contribution in [-0.2, 0) is 13.2 Å². The molecule has 1 atom stereocenters. The average Bonchev–Trinajstić information content (AvgIpc) is 2.66. The van der Waals surface area contributed by atoms with E-state index in [0.29, 0.717) is 11.4 Å². The summed E-state index contributed by atoms with van der Waals surface area (Å²) in [6.07, 6.45) is -2.20. The van der Waals surface area contributed by atoms with Gasteiger partial charge in [-0.2, -0.15) is 18.3 Å². The van der Waals surface area contributed by atoms with Crippen LogP contribution >= 0.6 is 0 Å². The molecule has 2 heterocycles. The molecule has 2 N–H and O–H groups in total. The molecule has 0 amide bonds. The Morgan fingerprint density at radius 1 is 1.37 bits per heavy atom. The van der Waals surface area contributed by atoms with Gasteiger partial charge in [-0.25, -0.2) is 0 Å². The lowest BCUT2D eigenvalue weighted by Crippen LogP contribution is -2.21. The minimum Gasteiger partial charge on any atom is -0.319 e. The minimum atomic E-state index is -4.45. The molecule has 2 rings (SSSR count). The fourth-order valence-corrected chi connectivity index (χ4v) is 1.99. The first kappa shape index (κ1) is 13.5. The summed E-state index contributed by atoms with van der Waals surface area (Å²) in [7, 11) is 1.64. The maximum absolute atomic E-state index is 12.9. The second-order valence-corrected chi connectivity index (χ2v) is 4.27. The van der Waals surface area contributed by atoms with E-state index in [9.17, 15) is 13.2 Å². The largest absolute Gasteiger partial charge is 0.416 e. The number of hydrogen-bond donors (Lipinski definition) is 1. The molecule has 0 saturated carbocycles. The number of hydrogen-bond acceptors (Lipinski definition) is 3. The summed E-state index contributed by atoms with van der Waals surface area (Å²) in [4.78, 5) is 3.73. The van der Waals surface area contributed by atoms with Crippen molar-refractivity contribution in [3.63, 3.8) is 0 Å². The van der Waals surface area contributed by atoms with Gasteiger partial charge in [-0.3, -0.25) is 9.67 Å². The van der Waals surface area contributed by atoms with Crippen LogP contribution in [0, 0.1) is 6.92 Å². The van der Waals surface area contributed by atoms with E-state index in [1.54, 1.807) is 20.0 Å². The summed E-state index contributed by atoms with van der Waals surface area (Å²) >= 11 is 0. The number of alkyl halides is 3. The molecule has 7 heteroatoms. The molecule has 0 radical (unpaired) electrons. The Kier molecular flexibility index (Phi) is 3.32. The maximum Gasteiger partial charge on any atom is 0.416 e. The Morgan fingerprint density at radius 2 is 2.05 bits per heavy atom. The molecule has 0 aliphatic carbocycles. The number of nitrogens with zero attached hydrogens (tertiary/aromatic N) is 3. The number of rotatable bonds is 2. The van der Waals surface area contributed by atoms with Gasteiger partial charge in [-0.05, 0) is 19.1 Å². The second kappa shape index (κ2) is 4.65. The second-order valence-electron chi connectivity index (χ2n) is 4.27. The molecular formula is C12H13F3N4. The maximum atomic E-state index is 12.9. The van der Waals surface area contributed by atoms with Crippen LogP contribution in [0.25, 0.3) is 0 Å². The SMILES string of the molecule is Cc1cc(C(N)c2cnccc2C(F)(F)F)n(C)n1. The molecule has 0 saturated heterocycles. The van der Waals surface area contributed by atoms with Crippen LogP contribution in [-0.4, -0.2) is 14.8 Å². The molecule has 0 spiro atoms. The lowest BCUT2D eigenvalue weighted by Gasteiger charge is -2.17. The van der Waals surface area contributed by atoms with Gasteiger partial charge in [-0.15, -0.1) is 0 Å². The summed E-state index contributed by atoms with van der Waals surface area (Å²) in [5.41, 5.74) is 6.31. The molecule has 102 valence electrons. The highest BCUT2D eigenvalue weighted by atomic mass is 19.4. The van der Waals surface area contributed by atoms with E-state index in [0.717, 1.165) is 18.5 Å². The summed E-state index contributed by atoms with van der Waals surface area (Å²) in [5.74, 6) is 0.